The van der Waals surface area contributed by atoms with Crippen molar-refractivity contribution in [3.05, 3.63) is 12.2 Å². The first-order valence-corrected chi connectivity index (χ1v) is 7.38. The predicted molar refractivity (Wildman–Crippen MR) is 65.2 cm³/mol. The third-order valence-electron chi connectivity index (χ3n) is 2.34. The molecular formula is C9H17N5O3S. The van der Waals surface area contributed by atoms with Crippen LogP contribution in [-0.2, 0) is 21.2 Å². The highest BCUT2D eigenvalue weighted by molar-refractivity contribution is 7.90. The van der Waals surface area contributed by atoms with Gasteiger partial charge in [-0.05, 0) is 6.42 Å². The van der Waals surface area contributed by atoms with E-state index >= 15 is 0 Å². The quantitative estimate of drug-likeness (QED) is 0.653. The second-order valence-electron chi connectivity index (χ2n) is 4.15. The highest BCUT2D eigenvalue weighted by Gasteiger charge is 2.20. The lowest BCUT2D eigenvalue weighted by Crippen LogP contribution is -2.42. The molecule has 0 fully saturated rings. The van der Waals surface area contributed by atoms with Crippen LogP contribution in [0.3, 0.4) is 0 Å². The van der Waals surface area contributed by atoms with Gasteiger partial charge in [-0.2, -0.15) is 5.10 Å². The van der Waals surface area contributed by atoms with Gasteiger partial charge in [-0.1, -0.05) is 0 Å². The molecule has 1 unspecified atom stereocenters. The Bertz CT molecular complexity index is 484. The number of nitrogens with one attached hydrogen (secondary N) is 1. The fourth-order valence-electron chi connectivity index (χ4n) is 1.36. The van der Waals surface area contributed by atoms with Crippen LogP contribution in [0.5, 0.6) is 0 Å². The van der Waals surface area contributed by atoms with Gasteiger partial charge in [0.05, 0.1) is 18.3 Å². The number of aromatic nitrogens is 3. The Hall–Kier alpha value is -1.48. The van der Waals surface area contributed by atoms with Gasteiger partial charge in [0, 0.05) is 13.3 Å². The number of amides is 1. The van der Waals surface area contributed by atoms with Crippen LogP contribution in [-0.4, -0.2) is 59.5 Å². The van der Waals surface area contributed by atoms with Gasteiger partial charge in [-0.15, -0.1) is 0 Å². The summed E-state index contributed by atoms with van der Waals surface area (Å²) in [7, 11) is -1.53. The summed E-state index contributed by atoms with van der Waals surface area (Å²) in [5.41, 5.74) is 5.65. The van der Waals surface area contributed by atoms with Crippen LogP contribution >= 0.6 is 0 Å². The zero-order chi connectivity index (χ0) is 13.8. The molecule has 0 radical (unpaired) electrons. The molecule has 1 aromatic heterocycles. The van der Waals surface area contributed by atoms with Gasteiger partial charge in [-0.3, -0.25) is 9.89 Å². The maximum absolute atomic E-state index is 11.8. The number of carbonyl (C=O) groups is 1. The predicted octanol–water partition coefficient (Wildman–Crippen LogP) is -1.47. The molecule has 1 atom stereocenters. The molecule has 3 N–H and O–H groups in total. The number of aromatic amines is 1. The SMILES string of the molecule is CN(Cc1ncn[nH]1)C(=O)C(N)CCS(C)(=O)=O. The van der Waals surface area contributed by atoms with Crippen LogP contribution in [0.1, 0.15) is 12.2 Å². The van der Waals surface area contributed by atoms with E-state index in [1.165, 1.54) is 11.2 Å². The number of likely N-dealkylation sites (N-methyl/N-ethyl adjacent to an activating group) is 1. The number of hydrogen-bond acceptors (Lipinski definition) is 6. The lowest BCUT2D eigenvalue weighted by atomic mass is 10.2. The number of H-pyrrole nitrogens is 1. The number of nitrogens with zero attached hydrogens (tertiary/aromatic N) is 3. The van der Waals surface area contributed by atoms with Crippen molar-refractivity contribution < 1.29 is 13.2 Å². The summed E-state index contributed by atoms with van der Waals surface area (Å²) in [6, 6.07) is -0.826. The summed E-state index contributed by atoms with van der Waals surface area (Å²) in [6.45, 7) is 0.255. The number of hydrogen-bond donors (Lipinski definition) is 2. The molecule has 18 heavy (non-hydrogen) atoms. The summed E-state index contributed by atoms with van der Waals surface area (Å²) in [4.78, 5) is 17.1. The van der Waals surface area contributed by atoms with Crippen LogP contribution in [0, 0.1) is 0 Å². The fourth-order valence-corrected chi connectivity index (χ4v) is 2.04. The summed E-state index contributed by atoms with van der Waals surface area (Å²) in [5, 5.41) is 6.29. The van der Waals surface area contributed by atoms with Crippen molar-refractivity contribution in [1.29, 1.82) is 0 Å². The minimum Gasteiger partial charge on any atom is -0.337 e. The molecule has 0 spiro atoms. The van der Waals surface area contributed by atoms with Gasteiger partial charge >= 0.3 is 0 Å². The molecule has 0 aliphatic rings. The number of sulfone groups is 1. The molecule has 1 heterocycles. The maximum atomic E-state index is 11.8. The zero-order valence-electron chi connectivity index (χ0n) is 10.3. The van der Waals surface area contributed by atoms with Gasteiger partial charge in [-0.25, -0.2) is 13.4 Å². The first kappa shape index (κ1) is 14.6. The number of rotatable bonds is 6. The van der Waals surface area contributed by atoms with Crippen LogP contribution in [0.2, 0.25) is 0 Å². The average molecular weight is 275 g/mol. The van der Waals surface area contributed by atoms with Crippen molar-refractivity contribution in [2.45, 2.75) is 19.0 Å². The van der Waals surface area contributed by atoms with Gasteiger partial charge in [0.1, 0.15) is 22.0 Å². The molecule has 102 valence electrons. The molecule has 0 saturated heterocycles. The summed E-state index contributed by atoms with van der Waals surface area (Å²) >= 11 is 0. The average Bonchev–Trinajstić information content (AvgIpc) is 2.76. The van der Waals surface area contributed by atoms with E-state index < -0.39 is 15.9 Å². The number of carbonyl (C=O) groups excluding carboxylic acids is 1. The maximum Gasteiger partial charge on any atom is 0.239 e. The molecule has 0 bridgehead atoms. The van der Waals surface area contributed by atoms with E-state index in [9.17, 15) is 13.2 Å². The lowest BCUT2D eigenvalue weighted by molar-refractivity contribution is -0.131. The van der Waals surface area contributed by atoms with Crippen molar-refractivity contribution in [2.24, 2.45) is 5.73 Å². The molecule has 8 nitrogen and oxygen atoms in total. The van der Waals surface area contributed by atoms with E-state index in [1.807, 2.05) is 0 Å². The molecular weight excluding hydrogens is 258 g/mol. The Morgan fingerprint density at radius 1 is 1.61 bits per heavy atom. The fraction of sp³-hybridized carbons (Fsp3) is 0.667. The molecule has 0 aliphatic carbocycles. The van der Waals surface area contributed by atoms with Gasteiger partial charge in [0.2, 0.25) is 5.91 Å². The van der Waals surface area contributed by atoms with Crippen molar-refractivity contribution in [2.75, 3.05) is 19.1 Å². The van der Waals surface area contributed by atoms with E-state index in [1.54, 1.807) is 7.05 Å². The normalized spacial score (nSPS) is 13.3. The Kier molecular flexibility index (Phi) is 4.79. The molecule has 9 heteroatoms. The number of nitrogens with two attached hydrogens (primary N) is 1. The summed E-state index contributed by atoms with van der Waals surface area (Å²) < 4.78 is 22.0. The van der Waals surface area contributed by atoms with E-state index in [0.29, 0.717) is 5.82 Å². The largest absolute Gasteiger partial charge is 0.337 e. The zero-order valence-corrected chi connectivity index (χ0v) is 11.1. The van der Waals surface area contributed by atoms with E-state index in [-0.39, 0.29) is 24.6 Å². The third-order valence-corrected chi connectivity index (χ3v) is 3.32. The lowest BCUT2D eigenvalue weighted by Gasteiger charge is -2.19. The Balaban J connectivity index is 2.47. The Morgan fingerprint density at radius 2 is 2.28 bits per heavy atom. The first-order chi connectivity index (χ1) is 8.29. The van der Waals surface area contributed by atoms with Crippen LogP contribution in [0.4, 0.5) is 0 Å². The van der Waals surface area contributed by atoms with Crippen molar-refractivity contribution >= 4 is 15.7 Å². The molecule has 0 aliphatic heterocycles. The van der Waals surface area contributed by atoms with Crippen molar-refractivity contribution in [3.8, 4) is 0 Å². The Morgan fingerprint density at radius 3 is 2.78 bits per heavy atom. The second kappa shape index (κ2) is 5.91. The van der Waals surface area contributed by atoms with E-state index in [0.717, 1.165) is 6.26 Å². The molecule has 1 aromatic rings. The second-order valence-corrected chi connectivity index (χ2v) is 6.41. The standard InChI is InChI=1S/C9H17N5O3S/c1-14(5-8-11-6-12-13-8)9(15)7(10)3-4-18(2,16)17/h6-7H,3-5,10H2,1-2H3,(H,11,12,13). The first-order valence-electron chi connectivity index (χ1n) is 5.32. The summed E-state index contributed by atoms with van der Waals surface area (Å²) in [5.74, 6) is 0.118. The topological polar surface area (TPSA) is 122 Å². The van der Waals surface area contributed by atoms with Crippen molar-refractivity contribution in [3.63, 3.8) is 0 Å². The van der Waals surface area contributed by atoms with E-state index in [2.05, 4.69) is 15.2 Å². The smallest absolute Gasteiger partial charge is 0.239 e. The van der Waals surface area contributed by atoms with Crippen LogP contribution < -0.4 is 5.73 Å². The highest BCUT2D eigenvalue weighted by Crippen LogP contribution is 2.01. The molecule has 1 rings (SSSR count). The van der Waals surface area contributed by atoms with Gasteiger partial charge in [0.15, 0.2) is 0 Å². The minimum absolute atomic E-state index is 0.101. The Labute approximate surface area is 105 Å². The van der Waals surface area contributed by atoms with Crippen LogP contribution in [0.25, 0.3) is 0 Å². The minimum atomic E-state index is -3.11. The van der Waals surface area contributed by atoms with Crippen LogP contribution in [0.15, 0.2) is 6.33 Å². The summed E-state index contributed by atoms with van der Waals surface area (Å²) in [6.07, 6.45) is 2.57. The monoisotopic (exact) mass is 275 g/mol. The van der Waals surface area contributed by atoms with Gasteiger partial charge in [0.25, 0.3) is 0 Å². The van der Waals surface area contributed by atoms with Crippen molar-refractivity contribution in [1.82, 2.24) is 20.1 Å². The molecule has 1 amide bonds. The van der Waals surface area contributed by atoms with Gasteiger partial charge < -0.3 is 10.6 Å². The third kappa shape index (κ3) is 4.80. The molecule has 0 aromatic carbocycles. The highest BCUT2D eigenvalue weighted by atomic mass is 32.2. The molecule has 0 saturated carbocycles. The van der Waals surface area contributed by atoms with E-state index in [4.69, 9.17) is 5.73 Å².